The van der Waals surface area contributed by atoms with E-state index in [1.165, 1.54) is 0 Å². The maximum Gasteiger partial charge on any atom is 0.339 e. The van der Waals surface area contributed by atoms with Crippen molar-refractivity contribution in [3.8, 4) is 11.5 Å². The third kappa shape index (κ3) is 3.03. The third-order valence-corrected chi connectivity index (χ3v) is 8.80. The monoisotopic (exact) mass is 475 g/mol. The summed E-state index contributed by atoms with van der Waals surface area (Å²) < 4.78 is 6.41. The number of carbonyl (C=O) groups excluding carboxylic acids is 2. The highest BCUT2D eigenvalue weighted by Crippen LogP contribution is 2.71. The highest BCUT2D eigenvalue weighted by molar-refractivity contribution is 6.33. The van der Waals surface area contributed by atoms with Crippen LogP contribution < -0.4 is 5.32 Å². The number of aromatic carboxylic acids is 1. The predicted octanol–water partition coefficient (Wildman–Crippen LogP) is 3.89. The van der Waals surface area contributed by atoms with E-state index in [0.29, 0.717) is 5.92 Å². The first-order valence-electron chi connectivity index (χ1n) is 11.1. The number of hydrogen-bond donors (Lipinski definition) is 4. The molecule has 2 saturated carbocycles. The van der Waals surface area contributed by atoms with Crippen LogP contribution in [0.5, 0.6) is 11.5 Å². The van der Waals surface area contributed by atoms with Gasteiger partial charge in [0.25, 0.3) is 0 Å². The number of carboxylic acid groups (broad SMARTS) is 1. The number of carbonyl (C=O) groups is 3. The Morgan fingerprint density at radius 1 is 1.27 bits per heavy atom. The van der Waals surface area contributed by atoms with Gasteiger partial charge < -0.3 is 25.4 Å². The van der Waals surface area contributed by atoms with E-state index in [1.807, 2.05) is 6.92 Å². The van der Waals surface area contributed by atoms with Gasteiger partial charge in [-0.05, 0) is 56.1 Å². The summed E-state index contributed by atoms with van der Waals surface area (Å²) in [4.78, 5) is 37.2. The van der Waals surface area contributed by atoms with Crippen molar-refractivity contribution in [2.45, 2.75) is 57.7 Å². The van der Waals surface area contributed by atoms with Crippen molar-refractivity contribution in [3.05, 3.63) is 28.8 Å². The Labute approximate surface area is 195 Å². The minimum Gasteiger partial charge on any atom is -0.505 e. The zero-order valence-electron chi connectivity index (χ0n) is 18.4. The molecule has 6 rings (SSSR count). The van der Waals surface area contributed by atoms with Gasteiger partial charge in [0.2, 0.25) is 5.91 Å². The van der Waals surface area contributed by atoms with Gasteiger partial charge in [-0.25, -0.2) is 4.79 Å². The van der Waals surface area contributed by atoms with E-state index in [1.54, 1.807) is 6.08 Å². The molecular formula is C24H26ClNO7. The van der Waals surface area contributed by atoms with Gasteiger partial charge in [0.15, 0.2) is 17.3 Å². The highest BCUT2D eigenvalue weighted by Gasteiger charge is 2.71. The molecule has 4 bridgehead atoms. The Morgan fingerprint density at radius 2 is 2.00 bits per heavy atom. The molecule has 176 valence electrons. The second-order valence-corrected chi connectivity index (χ2v) is 10.8. The summed E-state index contributed by atoms with van der Waals surface area (Å²) in [7, 11) is 0. The SMILES string of the molecule is C[C@]12C[C@@]34C=CC(=O)[C@@](C)(CCC(=O)Nc5c(O)c(Cl)cc(C(=O)O)c5O)[C@@H]3[C@H](C[C@@H]1C4)O2. The summed E-state index contributed by atoms with van der Waals surface area (Å²) in [5.41, 5.74) is -2.04. The number of allylic oxidation sites excluding steroid dienone is 2. The number of phenolic OH excluding ortho intramolecular Hbond substituents is 1. The van der Waals surface area contributed by atoms with Crippen LogP contribution in [0.25, 0.3) is 0 Å². The Morgan fingerprint density at radius 3 is 2.67 bits per heavy atom. The molecule has 0 unspecified atom stereocenters. The molecule has 3 aliphatic carbocycles. The molecule has 4 fully saturated rings. The van der Waals surface area contributed by atoms with Gasteiger partial charge in [0.1, 0.15) is 11.3 Å². The van der Waals surface area contributed by atoms with Crippen LogP contribution >= 0.6 is 11.6 Å². The lowest BCUT2D eigenvalue weighted by Gasteiger charge is -2.55. The molecule has 1 amide bonds. The topological polar surface area (TPSA) is 133 Å². The van der Waals surface area contributed by atoms with E-state index < -0.39 is 40.0 Å². The molecule has 9 heteroatoms. The molecule has 1 aromatic rings. The van der Waals surface area contributed by atoms with Gasteiger partial charge in [-0.15, -0.1) is 0 Å². The van der Waals surface area contributed by atoms with Gasteiger partial charge in [-0.3, -0.25) is 9.59 Å². The normalized spacial score (nSPS) is 37.9. The van der Waals surface area contributed by atoms with Crippen LogP contribution in [0.4, 0.5) is 5.69 Å². The van der Waals surface area contributed by atoms with Crippen LogP contribution in [0.3, 0.4) is 0 Å². The van der Waals surface area contributed by atoms with Crippen LogP contribution in [0.2, 0.25) is 5.02 Å². The first-order chi connectivity index (χ1) is 15.4. The molecule has 2 heterocycles. The Kier molecular flexibility index (Phi) is 4.69. The number of halogens is 1. The number of ether oxygens (including phenoxy) is 1. The van der Waals surface area contributed by atoms with Crippen molar-refractivity contribution < 1.29 is 34.4 Å². The molecule has 2 saturated heterocycles. The van der Waals surface area contributed by atoms with Gasteiger partial charge in [-0.1, -0.05) is 24.6 Å². The quantitative estimate of drug-likeness (QED) is 0.475. The number of benzene rings is 1. The molecule has 0 aromatic heterocycles. The molecule has 0 radical (unpaired) electrons. The van der Waals surface area contributed by atoms with Gasteiger partial charge in [0.05, 0.1) is 16.7 Å². The van der Waals surface area contributed by atoms with E-state index in [-0.39, 0.29) is 46.7 Å². The zero-order chi connectivity index (χ0) is 23.9. The first-order valence-corrected chi connectivity index (χ1v) is 11.5. The van der Waals surface area contributed by atoms with Crippen LogP contribution in [0, 0.1) is 22.7 Å². The van der Waals surface area contributed by atoms with Crippen molar-refractivity contribution in [3.63, 3.8) is 0 Å². The molecule has 2 aliphatic heterocycles. The second kappa shape index (κ2) is 6.96. The Balaban J connectivity index is 1.37. The molecule has 8 nitrogen and oxygen atoms in total. The number of rotatable bonds is 5. The number of nitrogens with one attached hydrogen (secondary N) is 1. The molecule has 5 aliphatic rings. The van der Waals surface area contributed by atoms with Gasteiger partial charge >= 0.3 is 5.97 Å². The van der Waals surface area contributed by atoms with Crippen molar-refractivity contribution in [1.82, 2.24) is 0 Å². The average Bonchev–Trinajstić information content (AvgIpc) is 3.11. The Bertz CT molecular complexity index is 1130. The van der Waals surface area contributed by atoms with Crippen molar-refractivity contribution in [2.24, 2.45) is 22.7 Å². The average molecular weight is 476 g/mol. The summed E-state index contributed by atoms with van der Waals surface area (Å²) in [6.07, 6.45) is 6.69. The fourth-order valence-electron chi connectivity index (χ4n) is 7.13. The van der Waals surface area contributed by atoms with Gasteiger partial charge in [-0.2, -0.15) is 0 Å². The number of phenols is 2. The van der Waals surface area contributed by atoms with E-state index in [9.17, 15) is 29.7 Å². The van der Waals surface area contributed by atoms with Gasteiger partial charge in [0, 0.05) is 17.8 Å². The lowest BCUT2D eigenvalue weighted by atomic mass is 9.51. The zero-order valence-corrected chi connectivity index (χ0v) is 19.1. The van der Waals surface area contributed by atoms with E-state index in [4.69, 9.17) is 16.3 Å². The summed E-state index contributed by atoms with van der Waals surface area (Å²) >= 11 is 5.86. The maximum absolute atomic E-state index is 13.1. The highest BCUT2D eigenvalue weighted by atomic mass is 35.5. The second-order valence-electron chi connectivity index (χ2n) is 10.4. The van der Waals surface area contributed by atoms with E-state index in [0.717, 1.165) is 25.3 Å². The van der Waals surface area contributed by atoms with Crippen LogP contribution in [-0.4, -0.2) is 44.7 Å². The minimum atomic E-state index is -1.46. The maximum atomic E-state index is 13.1. The lowest BCUT2D eigenvalue weighted by Crippen LogP contribution is -2.56. The predicted molar refractivity (Wildman–Crippen MR) is 118 cm³/mol. The molecule has 1 aromatic carbocycles. The smallest absolute Gasteiger partial charge is 0.339 e. The summed E-state index contributed by atoms with van der Waals surface area (Å²) in [6, 6.07) is 0.905. The molecular weight excluding hydrogens is 450 g/mol. The van der Waals surface area contributed by atoms with E-state index in [2.05, 4.69) is 18.3 Å². The van der Waals surface area contributed by atoms with Crippen LogP contribution in [-0.2, 0) is 14.3 Å². The van der Waals surface area contributed by atoms with Crippen molar-refractivity contribution >= 4 is 34.9 Å². The summed E-state index contributed by atoms with van der Waals surface area (Å²) in [5, 5.41) is 31.6. The summed E-state index contributed by atoms with van der Waals surface area (Å²) in [6.45, 7) is 4.06. The number of ketones is 1. The fraction of sp³-hybridized carbons (Fsp3) is 0.542. The molecule has 1 spiro atoms. The lowest BCUT2D eigenvalue weighted by molar-refractivity contribution is -0.169. The van der Waals surface area contributed by atoms with Crippen molar-refractivity contribution in [2.75, 3.05) is 5.32 Å². The number of aromatic hydroxyl groups is 2. The van der Waals surface area contributed by atoms with Crippen LogP contribution in [0.1, 0.15) is 56.3 Å². The van der Waals surface area contributed by atoms with Crippen molar-refractivity contribution in [1.29, 1.82) is 0 Å². The van der Waals surface area contributed by atoms with Crippen LogP contribution in [0.15, 0.2) is 18.2 Å². The summed E-state index contributed by atoms with van der Waals surface area (Å²) in [5.74, 6) is -3.00. The largest absolute Gasteiger partial charge is 0.505 e. The number of anilines is 1. The molecule has 33 heavy (non-hydrogen) atoms. The standard InChI is InChI=1S/C24H26ClNO7/c1-22(5-4-16(28)26-17-18(29)12(21(31)32)8-13(25)19(17)30)15(27)3-6-24-9-11-7-14(20(22)24)33-23(11,2)10-24/h3,6,8,11,14,20,29-30H,4-5,7,9-10H2,1-2H3,(H,26,28)(H,31,32)/t11-,14+,20+,22-,23+,24+/m1/s1. The molecule has 4 N–H and O–H groups in total. The third-order valence-electron chi connectivity index (χ3n) is 8.51. The fourth-order valence-corrected chi connectivity index (χ4v) is 7.33. The first kappa shape index (κ1) is 22.2. The minimum absolute atomic E-state index is 0.0197. The Hall–Kier alpha value is -2.58. The number of hydrogen-bond acceptors (Lipinski definition) is 6. The number of amides is 1. The van der Waals surface area contributed by atoms with E-state index >= 15 is 0 Å². The number of carboxylic acids is 1. The molecule has 6 atom stereocenters.